The number of amides is 1. The van der Waals surface area contributed by atoms with Crippen molar-refractivity contribution in [2.45, 2.75) is 38.0 Å². The third-order valence-corrected chi connectivity index (χ3v) is 6.74. The monoisotopic (exact) mass is 559 g/mol. The Morgan fingerprint density at radius 2 is 1.97 bits per heavy atom. The number of nitrogens with zero attached hydrogens (tertiary/aromatic N) is 3. The number of anilines is 1. The van der Waals surface area contributed by atoms with Crippen LogP contribution >= 0.6 is 27.7 Å². The van der Waals surface area contributed by atoms with Crippen LogP contribution in [0.1, 0.15) is 38.4 Å². The SMILES string of the molecule is CCC(=O)Oc1c(Br)cc([C@@H]2N(C(=O)CC)c3ccccc3-c3c(=O)[nH]c(SC)n[n+]32)cc1OC. The van der Waals surface area contributed by atoms with Gasteiger partial charge in [0.15, 0.2) is 11.5 Å². The number of halogens is 1. The molecule has 0 spiro atoms. The molecule has 0 unspecified atom stereocenters. The van der Waals surface area contributed by atoms with Gasteiger partial charge in [0.25, 0.3) is 6.17 Å². The number of hydrogen-bond acceptors (Lipinski definition) is 7. The van der Waals surface area contributed by atoms with Gasteiger partial charge in [-0.25, -0.2) is 4.90 Å². The normalized spacial score (nSPS) is 14.2. The summed E-state index contributed by atoms with van der Waals surface area (Å²) < 4.78 is 13.0. The number of nitrogens with one attached hydrogen (secondary N) is 1. The highest BCUT2D eigenvalue weighted by molar-refractivity contribution is 9.10. The number of fused-ring (bicyclic) bond motifs is 3. The van der Waals surface area contributed by atoms with Crippen molar-refractivity contribution >= 4 is 45.3 Å². The van der Waals surface area contributed by atoms with Gasteiger partial charge in [0.1, 0.15) is 0 Å². The fourth-order valence-electron chi connectivity index (χ4n) is 3.98. The van der Waals surface area contributed by atoms with Crippen LogP contribution in [0.5, 0.6) is 11.5 Å². The molecule has 2 aromatic carbocycles. The fourth-order valence-corrected chi connectivity index (χ4v) is 4.88. The van der Waals surface area contributed by atoms with Gasteiger partial charge in [-0.05, 0) is 51.1 Å². The number of aromatic amines is 1. The Morgan fingerprint density at radius 3 is 2.63 bits per heavy atom. The van der Waals surface area contributed by atoms with E-state index in [1.165, 1.54) is 18.9 Å². The van der Waals surface area contributed by atoms with E-state index >= 15 is 0 Å². The van der Waals surface area contributed by atoms with Crippen LogP contribution in [0, 0.1) is 0 Å². The van der Waals surface area contributed by atoms with E-state index in [1.54, 1.807) is 41.6 Å². The molecule has 2 heterocycles. The second-order valence-electron chi connectivity index (χ2n) is 7.63. The molecule has 1 amide bonds. The molecule has 9 nitrogen and oxygen atoms in total. The summed E-state index contributed by atoms with van der Waals surface area (Å²) in [5, 5.41) is 5.08. The number of ether oxygens (including phenoxy) is 2. The molecule has 0 fully saturated rings. The van der Waals surface area contributed by atoms with Crippen LogP contribution in [0.4, 0.5) is 5.69 Å². The van der Waals surface area contributed by atoms with Crippen LogP contribution < -0.4 is 24.6 Å². The summed E-state index contributed by atoms with van der Waals surface area (Å²) in [7, 11) is 1.47. The topological polar surface area (TPSA) is 105 Å². The third-order valence-electron chi connectivity index (χ3n) is 5.58. The van der Waals surface area contributed by atoms with E-state index in [4.69, 9.17) is 9.47 Å². The molecular weight excluding hydrogens is 536 g/mol. The molecule has 0 bridgehead atoms. The van der Waals surface area contributed by atoms with E-state index in [9.17, 15) is 14.4 Å². The number of esters is 1. The highest BCUT2D eigenvalue weighted by atomic mass is 79.9. The van der Waals surface area contributed by atoms with Crippen LogP contribution in [0.15, 0.2) is 50.8 Å². The summed E-state index contributed by atoms with van der Waals surface area (Å²) in [6.45, 7) is 3.48. The second-order valence-corrected chi connectivity index (χ2v) is 9.28. The lowest BCUT2D eigenvalue weighted by Crippen LogP contribution is -2.60. The van der Waals surface area contributed by atoms with Crippen LogP contribution in [0.2, 0.25) is 0 Å². The second kappa shape index (κ2) is 10.2. The molecule has 1 N–H and O–H groups in total. The molecule has 182 valence electrons. The van der Waals surface area contributed by atoms with Crippen molar-refractivity contribution in [1.29, 1.82) is 0 Å². The van der Waals surface area contributed by atoms with Gasteiger partial charge in [-0.15, -0.1) is 0 Å². The highest BCUT2D eigenvalue weighted by Gasteiger charge is 2.45. The van der Waals surface area contributed by atoms with Crippen molar-refractivity contribution in [3.63, 3.8) is 0 Å². The molecule has 0 saturated carbocycles. The molecule has 1 aliphatic rings. The molecule has 0 radical (unpaired) electrons. The molecule has 35 heavy (non-hydrogen) atoms. The Kier molecular flexibility index (Phi) is 7.27. The number of aromatic nitrogens is 3. The van der Waals surface area contributed by atoms with Gasteiger partial charge in [-0.2, -0.15) is 0 Å². The number of carbonyl (C=O) groups excluding carboxylic acids is 2. The summed E-state index contributed by atoms with van der Waals surface area (Å²) in [4.78, 5) is 43.0. The highest BCUT2D eigenvalue weighted by Crippen LogP contribution is 2.42. The number of thioether (sulfide) groups is 1. The first-order chi connectivity index (χ1) is 16.8. The number of H-pyrrole nitrogens is 1. The lowest BCUT2D eigenvalue weighted by atomic mass is 10.0. The van der Waals surface area contributed by atoms with Crippen LogP contribution in [0.25, 0.3) is 11.3 Å². The summed E-state index contributed by atoms with van der Waals surface area (Å²) in [6, 6.07) is 10.7. The number of benzene rings is 2. The van der Waals surface area contributed by atoms with E-state index in [-0.39, 0.29) is 30.1 Å². The lowest BCUT2D eigenvalue weighted by Gasteiger charge is -2.32. The lowest BCUT2D eigenvalue weighted by molar-refractivity contribution is -0.763. The van der Waals surface area contributed by atoms with Gasteiger partial charge < -0.3 is 9.47 Å². The first kappa shape index (κ1) is 24.9. The van der Waals surface area contributed by atoms with E-state index in [0.29, 0.717) is 37.9 Å². The molecule has 4 rings (SSSR count). The first-order valence-corrected chi connectivity index (χ1v) is 13.0. The van der Waals surface area contributed by atoms with E-state index in [1.807, 2.05) is 24.5 Å². The minimum atomic E-state index is -0.790. The van der Waals surface area contributed by atoms with E-state index < -0.39 is 12.1 Å². The van der Waals surface area contributed by atoms with Crippen molar-refractivity contribution < 1.29 is 23.7 Å². The maximum atomic E-state index is 13.3. The maximum Gasteiger partial charge on any atom is 0.325 e. The van der Waals surface area contributed by atoms with Crippen molar-refractivity contribution in [1.82, 2.24) is 10.1 Å². The standard InChI is InChI=1S/C24H23BrN4O5S/c1-5-18(30)28-16-10-8-7-9-14(16)20-22(32)26-24(35-4)27-29(20)23(28)13-11-15(25)21(17(12-13)33-3)34-19(31)6-2/h7-12,23H,5-6H2,1-4H3/p+1/t23-/m1/s1. The fraction of sp³-hybridized carbons (Fsp3) is 0.292. The molecule has 1 atom stereocenters. The number of hydrogen-bond donors (Lipinski definition) is 1. The van der Waals surface area contributed by atoms with Crippen LogP contribution in [-0.2, 0) is 9.59 Å². The summed E-state index contributed by atoms with van der Waals surface area (Å²) in [5.41, 5.74) is 1.83. The van der Waals surface area contributed by atoms with E-state index in [0.717, 1.165) is 0 Å². The predicted octanol–water partition coefficient (Wildman–Crippen LogP) is 3.84. The molecule has 11 heteroatoms. The summed E-state index contributed by atoms with van der Waals surface area (Å²) >= 11 is 4.78. The zero-order chi connectivity index (χ0) is 25.3. The number of rotatable bonds is 6. The Labute approximate surface area is 214 Å². The number of para-hydroxylation sites is 1. The Bertz CT molecular complexity index is 1380. The van der Waals surface area contributed by atoms with Crippen molar-refractivity contribution in [3.05, 3.63) is 56.8 Å². The predicted molar refractivity (Wildman–Crippen MR) is 135 cm³/mol. The van der Waals surface area contributed by atoms with Gasteiger partial charge in [-0.1, -0.05) is 37.7 Å². The molecule has 1 aliphatic heterocycles. The molecule has 0 aliphatic carbocycles. The van der Waals surface area contributed by atoms with Gasteiger partial charge in [0, 0.05) is 17.9 Å². The smallest absolute Gasteiger partial charge is 0.325 e. The Balaban J connectivity index is 2.03. The quantitative estimate of drug-likeness (QED) is 0.212. The van der Waals surface area contributed by atoms with Gasteiger partial charge in [-0.3, -0.25) is 19.4 Å². The number of methoxy groups -OCH3 is 1. The first-order valence-electron chi connectivity index (χ1n) is 10.9. The summed E-state index contributed by atoms with van der Waals surface area (Å²) in [5.74, 6) is -0.0220. The third kappa shape index (κ3) is 4.45. The largest absolute Gasteiger partial charge is 0.493 e. The van der Waals surface area contributed by atoms with Gasteiger partial charge >= 0.3 is 17.2 Å². The summed E-state index contributed by atoms with van der Waals surface area (Å²) in [6.07, 6.45) is 1.46. The molecule has 3 aromatic rings. The van der Waals surface area contributed by atoms with Crippen LogP contribution in [-0.4, -0.2) is 35.3 Å². The maximum absolute atomic E-state index is 13.3. The van der Waals surface area contributed by atoms with Crippen molar-refractivity contribution in [2.24, 2.45) is 0 Å². The van der Waals surface area contributed by atoms with E-state index in [2.05, 4.69) is 26.0 Å². The van der Waals surface area contributed by atoms with Gasteiger partial charge in [0.2, 0.25) is 11.1 Å². The average molecular weight is 560 g/mol. The Morgan fingerprint density at radius 1 is 1.23 bits per heavy atom. The molecule has 0 saturated heterocycles. The minimum absolute atomic E-state index is 0.148. The average Bonchev–Trinajstić information content (AvgIpc) is 2.87. The van der Waals surface area contributed by atoms with Crippen molar-refractivity contribution in [3.8, 4) is 22.8 Å². The minimum Gasteiger partial charge on any atom is -0.493 e. The molecular formula is C24H24BrN4O5S+. The zero-order valence-corrected chi connectivity index (χ0v) is 22.0. The number of carbonyl (C=O) groups is 2. The molecule has 1 aromatic heterocycles. The van der Waals surface area contributed by atoms with Crippen LogP contribution in [0.3, 0.4) is 0 Å². The Hall–Kier alpha value is -3.18. The zero-order valence-electron chi connectivity index (χ0n) is 19.6. The van der Waals surface area contributed by atoms with Crippen molar-refractivity contribution in [2.75, 3.05) is 18.3 Å². The van der Waals surface area contributed by atoms with Gasteiger partial charge in [0.05, 0.1) is 28.4 Å².